The molecule has 4 heterocycles. The first-order chi connectivity index (χ1) is 25.9. The van der Waals surface area contributed by atoms with Crippen molar-refractivity contribution < 1.29 is 29.0 Å². The number of likely N-dealkylation sites (N-methyl/N-ethyl adjacent to an activating group) is 1. The SMILES string of the molecule is COC(=O)N[C@@H](C(=O)N1CCC[C@H]1c1ncc(-c2ccc(-c3ccc(-c4cnc([C@@H]5CCCN5C(=O)[C@@H](C(C)C)N(C)C(=O)O)[nH]4)cc3)cc2)[nH]1)C(C)C. The molecule has 4 amide bonds. The van der Waals surface area contributed by atoms with Gasteiger partial charge in [-0.1, -0.05) is 76.2 Å². The summed E-state index contributed by atoms with van der Waals surface area (Å²) in [7, 11) is 2.73. The van der Waals surface area contributed by atoms with E-state index in [0.717, 1.165) is 70.0 Å². The van der Waals surface area contributed by atoms with E-state index in [1.54, 1.807) is 22.2 Å². The lowest BCUT2D eigenvalue weighted by Crippen LogP contribution is -2.51. The summed E-state index contributed by atoms with van der Waals surface area (Å²) in [6.07, 6.45) is 5.02. The second kappa shape index (κ2) is 16.1. The second-order valence-electron chi connectivity index (χ2n) is 14.8. The number of aromatic nitrogens is 4. The molecule has 0 spiro atoms. The van der Waals surface area contributed by atoms with Gasteiger partial charge in [-0.3, -0.25) is 14.5 Å². The van der Waals surface area contributed by atoms with E-state index in [0.29, 0.717) is 18.9 Å². The first kappa shape index (κ1) is 38.1. The van der Waals surface area contributed by atoms with Gasteiger partial charge in [0.1, 0.15) is 23.7 Å². The quantitative estimate of drug-likeness (QED) is 0.135. The Morgan fingerprint density at radius 1 is 0.759 bits per heavy atom. The molecule has 4 atom stereocenters. The van der Waals surface area contributed by atoms with Crippen LogP contribution in [0.2, 0.25) is 0 Å². The van der Waals surface area contributed by atoms with Crippen molar-refractivity contribution in [2.24, 2.45) is 11.8 Å². The van der Waals surface area contributed by atoms with Crippen LogP contribution in [0.15, 0.2) is 60.9 Å². The van der Waals surface area contributed by atoms with Gasteiger partial charge in [-0.15, -0.1) is 0 Å². The van der Waals surface area contributed by atoms with E-state index in [9.17, 15) is 24.3 Å². The van der Waals surface area contributed by atoms with Crippen molar-refractivity contribution in [3.8, 4) is 33.6 Å². The van der Waals surface area contributed by atoms with Crippen molar-refractivity contribution in [1.82, 2.24) is 40.0 Å². The Morgan fingerprint density at radius 3 is 1.61 bits per heavy atom. The summed E-state index contributed by atoms with van der Waals surface area (Å²) in [5.41, 5.74) is 5.71. The third kappa shape index (κ3) is 7.82. The molecule has 2 aromatic heterocycles. The van der Waals surface area contributed by atoms with Crippen molar-refractivity contribution in [2.45, 2.75) is 77.5 Å². The first-order valence-corrected chi connectivity index (χ1v) is 18.6. The number of amides is 4. The van der Waals surface area contributed by atoms with E-state index < -0.39 is 24.3 Å². The topological polar surface area (TPSA) is 177 Å². The summed E-state index contributed by atoms with van der Waals surface area (Å²) < 4.78 is 4.75. The molecular formula is C40H50N8O6. The number of carbonyl (C=O) groups is 4. The number of methoxy groups -OCH3 is 1. The minimum Gasteiger partial charge on any atom is -0.465 e. The Bertz CT molecular complexity index is 1950. The minimum absolute atomic E-state index is 0.107. The fraction of sp³-hybridized carbons (Fsp3) is 0.450. The van der Waals surface area contributed by atoms with Crippen LogP contribution in [0.25, 0.3) is 33.6 Å². The van der Waals surface area contributed by atoms with E-state index in [1.807, 2.05) is 52.0 Å². The molecule has 2 aromatic carbocycles. The largest absolute Gasteiger partial charge is 0.465 e. The molecule has 6 rings (SSSR count). The molecule has 286 valence electrons. The van der Waals surface area contributed by atoms with Crippen LogP contribution in [-0.4, -0.2) is 103 Å². The molecule has 0 radical (unpaired) electrons. The van der Waals surface area contributed by atoms with Crippen LogP contribution in [0.3, 0.4) is 0 Å². The number of imidazole rings is 2. The van der Waals surface area contributed by atoms with Crippen LogP contribution in [0, 0.1) is 11.8 Å². The fourth-order valence-electron chi connectivity index (χ4n) is 7.68. The van der Waals surface area contributed by atoms with E-state index >= 15 is 0 Å². The van der Waals surface area contributed by atoms with Gasteiger partial charge < -0.3 is 34.9 Å². The summed E-state index contributed by atoms with van der Waals surface area (Å²) in [6.45, 7) is 8.66. The highest BCUT2D eigenvalue weighted by molar-refractivity contribution is 5.87. The van der Waals surface area contributed by atoms with Crippen molar-refractivity contribution in [3.63, 3.8) is 0 Å². The average molecular weight is 739 g/mol. The number of benzene rings is 2. The zero-order chi connectivity index (χ0) is 38.7. The van der Waals surface area contributed by atoms with Gasteiger partial charge in [-0.05, 0) is 59.8 Å². The van der Waals surface area contributed by atoms with E-state index in [1.165, 1.54) is 14.2 Å². The lowest BCUT2D eigenvalue weighted by molar-refractivity contribution is -0.138. The predicted octanol–water partition coefficient (Wildman–Crippen LogP) is 6.48. The number of carboxylic acid groups (broad SMARTS) is 1. The number of likely N-dealkylation sites (tertiary alicyclic amines) is 2. The van der Waals surface area contributed by atoms with Crippen LogP contribution in [0.4, 0.5) is 9.59 Å². The number of H-pyrrole nitrogens is 2. The lowest BCUT2D eigenvalue weighted by Gasteiger charge is -2.33. The number of aromatic amines is 2. The maximum absolute atomic E-state index is 13.6. The minimum atomic E-state index is -1.13. The molecule has 14 nitrogen and oxygen atoms in total. The number of ether oxygens (including phenoxy) is 1. The molecular weight excluding hydrogens is 688 g/mol. The van der Waals surface area contributed by atoms with Crippen LogP contribution >= 0.6 is 0 Å². The summed E-state index contributed by atoms with van der Waals surface area (Å²) in [4.78, 5) is 71.6. The van der Waals surface area contributed by atoms with Crippen LogP contribution in [-0.2, 0) is 14.3 Å². The first-order valence-electron chi connectivity index (χ1n) is 18.6. The number of hydrogen-bond acceptors (Lipinski definition) is 7. The molecule has 2 fully saturated rings. The number of alkyl carbamates (subject to hydrolysis) is 1. The predicted molar refractivity (Wildman–Crippen MR) is 203 cm³/mol. The summed E-state index contributed by atoms with van der Waals surface area (Å²) >= 11 is 0. The molecule has 0 aliphatic carbocycles. The normalized spacial score (nSPS) is 18.2. The van der Waals surface area contributed by atoms with E-state index in [-0.39, 0.29) is 35.7 Å². The molecule has 14 heteroatoms. The summed E-state index contributed by atoms with van der Waals surface area (Å²) in [5.74, 6) is 0.793. The van der Waals surface area contributed by atoms with Gasteiger partial charge in [0, 0.05) is 20.1 Å². The Morgan fingerprint density at radius 2 is 1.20 bits per heavy atom. The van der Waals surface area contributed by atoms with Gasteiger partial charge in [-0.2, -0.15) is 0 Å². The number of rotatable bonds is 11. The highest BCUT2D eigenvalue weighted by atomic mass is 16.5. The van der Waals surface area contributed by atoms with Crippen molar-refractivity contribution in [1.29, 1.82) is 0 Å². The third-order valence-corrected chi connectivity index (χ3v) is 10.6. The zero-order valence-corrected chi connectivity index (χ0v) is 31.7. The molecule has 0 saturated carbocycles. The molecule has 2 aliphatic heterocycles. The molecule has 4 N–H and O–H groups in total. The lowest BCUT2D eigenvalue weighted by atomic mass is 10.0. The van der Waals surface area contributed by atoms with Gasteiger partial charge in [0.15, 0.2) is 0 Å². The highest BCUT2D eigenvalue weighted by Crippen LogP contribution is 2.35. The molecule has 2 aliphatic rings. The number of nitrogens with zero attached hydrogens (tertiary/aromatic N) is 5. The molecule has 54 heavy (non-hydrogen) atoms. The van der Waals surface area contributed by atoms with Crippen molar-refractivity contribution >= 4 is 24.0 Å². The Labute approximate surface area is 315 Å². The van der Waals surface area contributed by atoms with Crippen molar-refractivity contribution in [3.05, 3.63) is 72.6 Å². The van der Waals surface area contributed by atoms with Gasteiger partial charge in [0.2, 0.25) is 11.8 Å². The Hall–Kier alpha value is -5.66. The van der Waals surface area contributed by atoms with Crippen LogP contribution in [0.5, 0.6) is 0 Å². The molecule has 0 unspecified atom stereocenters. The van der Waals surface area contributed by atoms with Crippen molar-refractivity contribution in [2.75, 3.05) is 27.2 Å². The summed E-state index contributed by atoms with van der Waals surface area (Å²) in [6, 6.07) is 14.5. The number of carbonyl (C=O) groups excluding carboxylic acids is 3. The average Bonchev–Trinajstić information content (AvgIpc) is 4.00. The monoisotopic (exact) mass is 738 g/mol. The second-order valence-corrected chi connectivity index (χ2v) is 14.8. The van der Waals surface area contributed by atoms with Gasteiger partial charge in [0.25, 0.3) is 0 Å². The van der Waals surface area contributed by atoms with Crippen LogP contribution in [0.1, 0.15) is 77.1 Å². The van der Waals surface area contributed by atoms with Gasteiger partial charge >= 0.3 is 12.2 Å². The Balaban J connectivity index is 1.11. The number of hydrogen-bond donors (Lipinski definition) is 4. The van der Waals surface area contributed by atoms with Gasteiger partial charge in [-0.25, -0.2) is 19.6 Å². The highest BCUT2D eigenvalue weighted by Gasteiger charge is 2.40. The van der Waals surface area contributed by atoms with Gasteiger partial charge in [0.05, 0.1) is 43.0 Å². The number of nitrogens with one attached hydrogen (secondary N) is 3. The maximum atomic E-state index is 13.6. The smallest absolute Gasteiger partial charge is 0.407 e. The zero-order valence-electron chi connectivity index (χ0n) is 31.7. The van der Waals surface area contributed by atoms with E-state index in [2.05, 4.69) is 49.5 Å². The standard InChI is InChI=1S/C40H50N8O6/c1-23(2)33(45-39(51)54-6)37(49)47-19-7-9-31(47)35-41-21-29(43-35)27-15-11-25(12-16-27)26-13-17-28(18-14-26)30-22-42-36(44-30)32-10-8-20-48(32)38(50)34(24(3)4)46(5)40(52)53/h11-18,21-24,31-34H,7-10,19-20H2,1-6H3,(H,41,43)(H,42,44)(H,45,51)(H,52,53)/t31-,32-,33+,34+/m0/s1. The third-order valence-electron chi connectivity index (χ3n) is 10.6. The molecule has 2 saturated heterocycles. The molecule has 0 bridgehead atoms. The van der Waals surface area contributed by atoms with Crippen LogP contribution < -0.4 is 5.32 Å². The molecule has 4 aromatic rings. The summed E-state index contributed by atoms with van der Waals surface area (Å²) in [5, 5.41) is 12.3. The fourth-order valence-corrected chi connectivity index (χ4v) is 7.68. The maximum Gasteiger partial charge on any atom is 0.407 e. The Kier molecular flexibility index (Phi) is 11.4. The van der Waals surface area contributed by atoms with E-state index in [4.69, 9.17) is 4.74 Å².